The van der Waals surface area contributed by atoms with Crippen molar-refractivity contribution in [2.24, 2.45) is 0 Å². The molecule has 0 saturated heterocycles. The number of para-hydroxylation sites is 2. The van der Waals surface area contributed by atoms with Crippen LogP contribution >= 0.6 is 0 Å². The van der Waals surface area contributed by atoms with Gasteiger partial charge in [0.05, 0.1) is 12.0 Å². The molecule has 0 aliphatic heterocycles. The van der Waals surface area contributed by atoms with Crippen LogP contribution < -0.4 is 10.6 Å². The molecule has 142 valence electrons. The van der Waals surface area contributed by atoms with Gasteiger partial charge in [0.2, 0.25) is 0 Å². The SMILES string of the molecule is COC(=O)C(CNc1ccccc1[N+](=O)[O-])NC(=O)OCc1ccccc1. The zero-order valence-corrected chi connectivity index (χ0v) is 14.6. The highest BCUT2D eigenvalue weighted by Gasteiger charge is 2.23. The number of esters is 1. The molecule has 2 aromatic carbocycles. The minimum atomic E-state index is -1.09. The van der Waals surface area contributed by atoms with Gasteiger partial charge in [0.1, 0.15) is 18.3 Å². The second-order valence-corrected chi connectivity index (χ2v) is 5.44. The molecular formula is C18H19N3O6. The molecule has 0 saturated carbocycles. The van der Waals surface area contributed by atoms with Crippen molar-refractivity contribution in [1.29, 1.82) is 0 Å². The third-order valence-electron chi connectivity index (χ3n) is 3.59. The summed E-state index contributed by atoms with van der Waals surface area (Å²) in [5.41, 5.74) is 0.865. The standard InChI is InChI=1S/C18H19N3O6/c1-26-17(22)15(11-19-14-9-5-6-10-16(14)21(24)25)20-18(23)27-12-13-7-3-2-4-8-13/h2-10,15,19H,11-12H2,1H3,(H,20,23). The normalized spacial score (nSPS) is 11.1. The van der Waals surface area contributed by atoms with E-state index in [2.05, 4.69) is 15.4 Å². The first-order chi connectivity index (χ1) is 13.0. The molecule has 27 heavy (non-hydrogen) atoms. The van der Waals surface area contributed by atoms with Crippen molar-refractivity contribution >= 4 is 23.4 Å². The van der Waals surface area contributed by atoms with Crippen LogP contribution in [-0.2, 0) is 20.9 Å². The molecule has 0 radical (unpaired) electrons. The average molecular weight is 373 g/mol. The second kappa shape index (κ2) is 9.76. The summed E-state index contributed by atoms with van der Waals surface area (Å²) in [5.74, 6) is -0.710. The number of carbonyl (C=O) groups excluding carboxylic acids is 2. The van der Waals surface area contributed by atoms with Crippen LogP contribution in [-0.4, -0.2) is 36.7 Å². The van der Waals surface area contributed by atoms with Gasteiger partial charge in [0.15, 0.2) is 0 Å². The molecule has 1 amide bonds. The Morgan fingerprint density at radius 2 is 1.78 bits per heavy atom. The van der Waals surface area contributed by atoms with E-state index in [1.165, 1.54) is 25.3 Å². The molecular weight excluding hydrogens is 354 g/mol. The van der Waals surface area contributed by atoms with Crippen molar-refractivity contribution in [2.75, 3.05) is 19.0 Å². The first-order valence-electron chi connectivity index (χ1n) is 8.03. The van der Waals surface area contributed by atoms with E-state index in [0.717, 1.165) is 5.56 Å². The lowest BCUT2D eigenvalue weighted by molar-refractivity contribution is -0.384. The Bertz CT molecular complexity index is 797. The Labute approximate surface area is 155 Å². The lowest BCUT2D eigenvalue weighted by atomic mass is 10.2. The molecule has 1 atom stereocenters. The monoisotopic (exact) mass is 373 g/mol. The van der Waals surface area contributed by atoms with Crippen molar-refractivity contribution in [2.45, 2.75) is 12.6 Å². The number of nitro groups is 1. The number of amides is 1. The van der Waals surface area contributed by atoms with E-state index in [9.17, 15) is 19.7 Å². The van der Waals surface area contributed by atoms with Crippen LogP contribution in [0.4, 0.5) is 16.2 Å². The Morgan fingerprint density at radius 1 is 1.11 bits per heavy atom. The van der Waals surface area contributed by atoms with E-state index in [-0.39, 0.29) is 24.5 Å². The van der Waals surface area contributed by atoms with Gasteiger partial charge in [-0.25, -0.2) is 9.59 Å². The number of alkyl carbamates (subject to hydrolysis) is 1. The maximum Gasteiger partial charge on any atom is 0.408 e. The highest BCUT2D eigenvalue weighted by atomic mass is 16.6. The maximum atomic E-state index is 12.0. The summed E-state index contributed by atoms with van der Waals surface area (Å²) < 4.78 is 9.73. The Morgan fingerprint density at radius 3 is 2.44 bits per heavy atom. The van der Waals surface area contributed by atoms with Crippen molar-refractivity contribution in [1.82, 2.24) is 5.32 Å². The summed E-state index contributed by atoms with van der Waals surface area (Å²) in [5, 5.41) is 16.2. The lowest BCUT2D eigenvalue weighted by Gasteiger charge is -2.17. The van der Waals surface area contributed by atoms with Gasteiger partial charge in [-0.3, -0.25) is 10.1 Å². The van der Waals surface area contributed by atoms with Gasteiger partial charge < -0.3 is 20.1 Å². The molecule has 9 heteroatoms. The number of methoxy groups -OCH3 is 1. The quantitative estimate of drug-likeness (QED) is 0.414. The van der Waals surface area contributed by atoms with Gasteiger partial charge in [0, 0.05) is 12.6 Å². The molecule has 1 unspecified atom stereocenters. The number of hydrogen-bond donors (Lipinski definition) is 2. The fraction of sp³-hybridized carbons (Fsp3) is 0.222. The van der Waals surface area contributed by atoms with E-state index in [1.54, 1.807) is 18.2 Å². The maximum absolute atomic E-state index is 12.0. The minimum Gasteiger partial charge on any atom is -0.467 e. The van der Waals surface area contributed by atoms with E-state index in [4.69, 9.17) is 4.74 Å². The molecule has 0 fully saturated rings. The molecule has 9 nitrogen and oxygen atoms in total. The predicted octanol–water partition coefficient (Wildman–Crippen LogP) is 2.47. The van der Waals surface area contributed by atoms with Crippen molar-refractivity contribution in [3.63, 3.8) is 0 Å². The van der Waals surface area contributed by atoms with Crippen LogP contribution in [0, 0.1) is 10.1 Å². The third kappa shape index (κ3) is 5.99. The fourth-order valence-electron chi connectivity index (χ4n) is 2.24. The zero-order chi connectivity index (χ0) is 19.6. The van der Waals surface area contributed by atoms with Gasteiger partial charge in [0.25, 0.3) is 5.69 Å². The highest BCUT2D eigenvalue weighted by molar-refractivity contribution is 5.82. The number of ether oxygens (including phenoxy) is 2. The molecule has 0 aliphatic rings. The van der Waals surface area contributed by atoms with Gasteiger partial charge in [-0.05, 0) is 11.6 Å². The van der Waals surface area contributed by atoms with Crippen molar-refractivity contribution in [3.8, 4) is 0 Å². The molecule has 2 aromatic rings. The van der Waals surface area contributed by atoms with Crippen LogP contribution in [0.2, 0.25) is 0 Å². The number of nitrogens with one attached hydrogen (secondary N) is 2. The minimum absolute atomic E-state index is 0.0398. The van der Waals surface area contributed by atoms with E-state index >= 15 is 0 Å². The number of carbonyl (C=O) groups is 2. The van der Waals surface area contributed by atoms with E-state index in [1.807, 2.05) is 18.2 Å². The third-order valence-corrected chi connectivity index (χ3v) is 3.59. The predicted molar refractivity (Wildman–Crippen MR) is 97.2 cm³/mol. The summed E-state index contributed by atoms with van der Waals surface area (Å²) in [6, 6.07) is 13.9. The van der Waals surface area contributed by atoms with Crippen molar-refractivity contribution < 1.29 is 24.0 Å². The number of rotatable bonds is 8. The topological polar surface area (TPSA) is 120 Å². The molecule has 0 spiro atoms. The number of benzene rings is 2. The Balaban J connectivity index is 1.96. The zero-order valence-electron chi connectivity index (χ0n) is 14.6. The van der Waals surface area contributed by atoms with Gasteiger partial charge in [-0.1, -0.05) is 42.5 Å². The Kier molecular flexibility index (Phi) is 7.12. The number of hydrogen-bond acceptors (Lipinski definition) is 7. The molecule has 0 heterocycles. The first-order valence-corrected chi connectivity index (χ1v) is 8.03. The molecule has 2 N–H and O–H groups in total. The average Bonchev–Trinajstić information content (AvgIpc) is 2.69. The van der Waals surface area contributed by atoms with Crippen LogP contribution in [0.5, 0.6) is 0 Å². The van der Waals surface area contributed by atoms with Crippen LogP contribution in [0.15, 0.2) is 54.6 Å². The summed E-state index contributed by atoms with van der Waals surface area (Å²) in [6.07, 6.45) is -0.807. The first kappa shape index (κ1) is 19.7. The summed E-state index contributed by atoms with van der Waals surface area (Å²) >= 11 is 0. The molecule has 0 bridgehead atoms. The van der Waals surface area contributed by atoms with E-state index in [0.29, 0.717) is 0 Å². The molecule has 0 aromatic heterocycles. The van der Waals surface area contributed by atoms with Crippen LogP contribution in [0.25, 0.3) is 0 Å². The summed E-state index contributed by atoms with van der Waals surface area (Å²) in [6.45, 7) is -0.0733. The smallest absolute Gasteiger partial charge is 0.408 e. The van der Waals surface area contributed by atoms with Crippen LogP contribution in [0.1, 0.15) is 5.56 Å². The molecule has 2 rings (SSSR count). The number of nitrogens with zero attached hydrogens (tertiary/aromatic N) is 1. The second-order valence-electron chi connectivity index (χ2n) is 5.44. The summed E-state index contributed by atoms with van der Waals surface area (Å²) in [4.78, 5) is 34.3. The van der Waals surface area contributed by atoms with Gasteiger partial charge in [-0.2, -0.15) is 0 Å². The fourth-order valence-corrected chi connectivity index (χ4v) is 2.24. The summed E-state index contributed by atoms with van der Waals surface area (Å²) in [7, 11) is 1.18. The van der Waals surface area contributed by atoms with Gasteiger partial charge >= 0.3 is 12.1 Å². The van der Waals surface area contributed by atoms with Crippen LogP contribution in [0.3, 0.4) is 0 Å². The highest BCUT2D eigenvalue weighted by Crippen LogP contribution is 2.22. The number of anilines is 1. The van der Waals surface area contributed by atoms with Crippen molar-refractivity contribution in [3.05, 3.63) is 70.3 Å². The number of nitro benzene ring substituents is 1. The van der Waals surface area contributed by atoms with E-state index < -0.39 is 23.0 Å². The lowest BCUT2D eigenvalue weighted by Crippen LogP contribution is -2.46. The largest absolute Gasteiger partial charge is 0.467 e. The molecule has 0 aliphatic carbocycles. The Hall–Kier alpha value is -3.62. The van der Waals surface area contributed by atoms with Gasteiger partial charge in [-0.15, -0.1) is 0 Å².